The Morgan fingerprint density at radius 3 is 2.31 bits per heavy atom. The average molecular weight is 657 g/mol. The lowest BCUT2D eigenvalue weighted by atomic mass is 9.94. The predicted octanol–water partition coefficient (Wildman–Crippen LogP) is 3.76. The van der Waals surface area contributed by atoms with E-state index >= 15 is 0 Å². The van der Waals surface area contributed by atoms with Crippen LogP contribution in [0.1, 0.15) is 69.2 Å². The molecule has 252 valence electrons. The van der Waals surface area contributed by atoms with Gasteiger partial charge in [-0.2, -0.15) is 0 Å². The molecule has 7 N–H and O–H groups in total. The Morgan fingerprint density at radius 2 is 1.71 bits per heavy atom. The van der Waals surface area contributed by atoms with Gasteiger partial charge in [-0.15, -0.1) is 0 Å². The van der Waals surface area contributed by atoms with E-state index in [0.717, 1.165) is 12.8 Å². The normalized spacial score (nSPS) is 12.9. The summed E-state index contributed by atoms with van der Waals surface area (Å²) in [6, 6.07) is 11.7. The molecule has 0 unspecified atom stereocenters. The summed E-state index contributed by atoms with van der Waals surface area (Å²) in [6.45, 7) is 7.31. The second-order valence-corrected chi connectivity index (χ2v) is 11.6. The van der Waals surface area contributed by atoms with Crippen molar-refractivity contribution in [2.45, 2.75) is 32.7 Å². The molecular weight excluding hydrogens is 616 g/mol. The quantitative estimate of drug-likeness (QED) is 0.0692. The number of carbonyl (C=O) groups excluding carboxylic acids is 4. The van der Waals surface area contributed by atoms with Gasteiger partial charge in [0.1, 0.15) is 36.5 Å². The highest BCUT2D eigenvalue weighted by atomic mass is 16.6. The number of ether oxygens (including phenoxy) is 3. The van der Waals surface area contributed by atoms with Crippen molar-refractivity contribution >= 4 is 41.4 Å². The number of esters is 2. The largest absolute Gasteiger partial charge is 0.496 e. The summed E-state index contributed by atoms with van der Waals surface area (Å²) >= 11 is 0. The van der Waals surface area contributed by atoms with Crippen LogP contribution in [-0.4, -0.2) is 67.5 Å². The molecule has 1 aliphatic rings. The van der Waals surface area contributed by atoms with Crippen molar-refractivity contribution in [3.05, 3.63) is 83.2 Å². The number of nitrogens with one attached hydrogen (secondary N) is 3. The van der Waals surface area contributed by atoms with Crippen molar-refractivity contribution in [1.82, 2.24) is 10.3 Å². The number of rotatable bonds is 15. The van der Waals surface area contributed by atoms with Crippen LogP contribution >= 0.6 is 0 Å². The van der Waals surface area contributed by atoms with Crippen LogP contribution in [0, 0.1) is 17.2 Å². The number of nitrogens with two attached hydrogens (primary N) is 2. The Balaban J connectivity index is 1.71. The van der Waals surface area contributed by atoms with E-state index in [1.54, 1.807) is 50.2 Å². The average Bonchev–Trinajstić information content (AvgIpc) is 3.92. The van der Waals surface area contributed by atoms with Crippen molar-refractivity contribution in [2.24, 2.45) is 23.3 Å². The first-order chi connectivity index (χ1) is 22.9. The number of nitrogens with zero attached hydrogens (tertiary/aromatic N) is 1. The highest BCUT2D eigenvalue weighted by Gasteiger charge is 2.27. The number of hydrogen-bond acceptors (Lipinski definition) is 10. The predicted molar refractivity (Wildman–Crippen MR) is 181 cm³/mol. The maximum atomic E-state index is 13.8. The van der Waals surface area contributed by atoms with Crippen LogP contribution < -0.4 is 26.8 Å². The van der Waals surface area contributed by atoms with E-state index in [-0.39, 0.29) is 53.0 Å². The Labute approximate surface area is 278 Å². The molecule has 0 radical (unpaired) electrons. The fourth-order valence-electron chi connectivity index (χ4n) is 4.60. The number of carbonyl (C=O) groups is 4. The molecule has 2 amide bonds. The van der Waals surface area contributed by atoms with Gasteiger partial charge in [0, 0.05) is 40.0 Å². The third-order valence-corrected chi connectivity index (χ3v) is 7.70. The molecule has 0 aliphatic heterocycles. The fraction of sp³-hybridized carbons (Fsp3) is 0.314. The van der Waals surface area contributed by atoms with E-state index in [1.165, 1.54) is 25.3 Å². The van der Waals surface area contributed by atoms with Crippen molar-refractivity contribution in [3.8, 4) is 16.9 Å². The molecule has 1 aromatic heterocycles. The first-order valence-electron chi connectivity index (χ1n) is 15.4. The lowest BCUT2D eigenvalue weighted by Crippen LogP contribution is -2.37. The molecule has 3 aromatic rings. The smallest absolute Gasteiger partial charge is 0.357 e. The highest BCUT2D eigenvalue weighted by molar-refractivity contribution is 6.11. The van der Waals surface area contributed by atoms with Crippen LogP contribution in [0.25, 0.3) is 17.2 Å². The first kappa shape index (κ1) is 35.3. The van der Waals surface area contributed by atoms with E-state index in [0.29, 0.717) is 35.0 Å². The molecule has 1 atom stereocenters. The molecule has 48 heavy (non-hydrogen) atoms. The third kappa shape index (κ3) is 8.82. The zero-order valence-corrected chi connectivity index (χ0v) is 27.1. The minimum Gasteiger partial charge on any atom is -0.496 e. The molecule has 0 saturated heterocycles. The molecule has 0 spiro atoms. The Bertz CT molecular complexity index is 1720. The molecule has 1 heterocycles. The van der Waals surface area contributed by atoms with Crippen LogP contribution in [0.2, 0.25) is 0 Å². The number of hydrogen-bond donors (Lipinski definition) is 5. The standard InChI is InChI=1S/C35H40N6O7/c1-5-21-16-26(32(42)40-23-10-8-22(9-11-23)31(37)38)25(17-28(21)46-4)24-12-13-27(33(43)39-18-20-6-7-20)41-30(24)35(45)48-15-14-47-34(44)29(36)19(2)3/h5,8-13,16-17,19-20,29H,1,6-7,14-15,18,36H2,2-4H3,(H3,37,38)(H,39,43)(H,40,42)/t29-/m0/s1. The summed E-state index contributed by atoms with van der Waals surface area (Å²) < 4.78 is 16.1. The van der Waals surface area contributed by atoms with Crippen LogP contribution in [0.5, 0.6) is 5.75 Å². The SMILES string of the molecule is C=Cc1cc(C(=O)Nc2ccc(C(=N)N)cc2)c(-c2ccc(C(=O)NCC3CC3)nc2C(=O)OCCOC(=O)[C@@H](N)C(C)C)cc1OC. The summed E-state index contributed by atoms with van der Waals surface area (Å²) in [7, 11) is 1.45. The van der Waals surface area contributed by atoms with E-state index in [9.17, 15) is 19.2 Å². The van der Waals surface area contributed by atoms with E-state index in [2.05, 4.69) is 22.2 Å². The van der Waals surface area contributed by atoms with Crippen LogP contribution in [0.4, 0.5) is 5.69 Å². The number of nitrogen functional groups attached to an aromatic ring is 1. The molecule has 1 fully saturated rings. The van der Waals surface area contributed by atoms with Gasteiger partial charge in [0.2, 0.25) is 0 Å². The van der Waals surface area contributed by atoms with Crippen LogP contribution in [0.3, 0.4) is 0 Å². The van der Waals surface area contributed by atoms with E-state index in [4.69, 9.17) is 31.1 Å². The first-order valence-corrected chi connectivity index (χ1v) is 15.4. The van der Waals surface area contributed by atoms with Gasteiger partial charge in [-0.1, -0.05) is 26.5 Å². The summed E-state index contributed by atoms with van der Waals surface area (Å²) in [5.41, 5.74) is 13.1. The Kier molecular flexibility index (Phi) is 11.6. The van der Waals surface area contributed by atoms with Gasteiger partial charge in [-0.05, 0) is 73.2 Å². The third-order valence-electron chi connectivity index (χ3n) is 7.70. The van der Waals surface area contributed by atoms with E-state index in [1.807, 2.05) is 0 Å². The molecule has 13 heteroatoms. The molecule has 1 aliphatic carbocycles. The summed E-state index contributed by atoms with van der Waals surface area (Å²) in [6.07, 6.45) is 3.59. The zero-order valence-electron chi connectivity index (χ0n) is 27.1. The van der Waals surface area contributed by atoms with Gasteiger partial charge in [-0.25, -0.2) is 9.78 Å². The number of anilines is 1. The number of aromatic nitrogens is 1. The Morgan fingerprint density at radius 1 is 1.02 bits per heavy atom. The van der Waals surface area contributed by atoms with Crippen molar-refractivity contribution < 1.29 is 33.4 Å². The van der Waals surface area contributed by atoms with Gasteiger partial charge in [0.05, 0.1) is 7.11 Å². The van der Waals surface area contributed by atoms with Gasteiger partial charge in [-0.3, -0.25) is 19.8 Å². The maximum absolute atomic E-state index is 13.8. The second-order valence-electron chi connectivity index (χ2n) is 11.6. The number of benzene rings is 2. The van der Waals surface area contributed by atoms with Crippen LogP contribution in [0.15, 0.2) is 55.1 Å². The number of pyridine rings is 1. The maximum Gasteiger partial charge on any atom is 0.357 e. The zero-order chi connectivity index (χ0) is 35.0. The van der Waals surface area contributed by atoms with Gasteiger partial charge in [0.15, 0.2) is 5.69 Å². The molecule has 1 saturated carbocycles. The minimum atomic E-state index is -0.913. The summed E-state index contributed by atoms with van der Waals surface area (Å²) in [5.74, 6) is -2.03. The highest BCUT2D eigenvalue weighted by Crippen LogP contribution is 2.35. The topological polar surface area (TPSA) is 209 Å². The Hall–Kier alpha value is -5.56. The van der Waals surface area contributed by atoms with Gasteiger partial charge >= 0.3 is 11.9 Å². The minimum absolute atomic E-state index is 0.0214. The fourth-order valence-corrected chi connectivity index (χ4v) is 4.60. The molecular formula is C35H40N6O7. The number of amidine groups is 1. The van der Waals surface area contributed by atoms with Crippen molar-refractivity contribution in [2.75, 3.05) is 32.2 Å². The second kappa shape index (κ2) is 15.8. The lowest BCUT2D eigenvalue weighted by Gasteiger charge is -2.17. The van der Waals surface area contributed by atoms with Crippen LogP contribution in [-0.2, 0) is 14.3 Å². The van der Waals surface area contributed by atoms with Crippen molar-refractivity contribution in [1.29, 1.82) is 5.41 Å². The number of amides is 2. The number of methoxy groups -OCH3 is 1. The molecule has 2 aromatic carbocycles. The van der Waals surface area contributed by atoms with Gasteiger partial charge in [0.25, 0.3) is 11.8 Å². The monoisotopic (exact) mass is 656 g/mol. The van der Waals surface area contributed by atoms with Gasteiger partial charge < -0.3 is 36.3 Å². The molecule has 4 rings (SSSR count). The van der Waals surface area contributed by atoms with Crippen molar-refractivity contribution in [3.63, 3.8) is 0 Å². The summed E-state index contributed by atoms with van der Waals surface area (Å²) in [5, 5.41) is 13.3. The molecule has 0 bridgehead atoms. The molecule has 13 nitrogen and oxygen atoms in total. The van der Waals surface area contributed by atoms with E-state index < -0.39 is 29.8 Å². The summed E-state index contributed by atoms with van der Waals surface area (Å²) in [4.78, 5) is 56.8. The lowest BCUT2D eigenvalue weighted by molar-refractivity contribution is -0.147.